The Morgan fingerprint density at radius 2 is 1.90 bits per heavy atom. The highest BCUT2D eigenvalue weighted by molar-refractivity contribution is 8.13. The zero-order valence-electron chi connectivity index (χ0n) is 18.1. The number of oxime groups is 1. The fourth-order valence-corrected chi connectivity index (χ4v) is 2.42. The molecule has 1 aromatic carbocycles. The summed E-state index contributed by atoms with van der Waals surface area (Å²) in [4.78, 5) is 33.3. The largest absolute Gasteiger partial charge is 0.490 e. The first-order valence-electron chi connectivity index (χ1n) is 9.37. The normalized spacial score (nSPS) is 12.2. The molecule has 1 aromatic rings. The van der Waals surface area contributed by atoms with Crippen LogP contribution < -0.4 is 10.1 Å². The van der Waals surface area contributed by atoms with Crippen LogP contribution in [-0.2, 0) is 14.4 Å². The number of aliphatic imine (C=N–C) groups is 1. The predicted molar refractivity (Wildman–Crippen MR) is 120 cm³/mol. The number of nitrogens with zero attached hydrogens (tertiary/aromatic N) is 2. The lowest BCUT2D eigenvalue weighted by Crippen LogP contribution is -2.31. The van der Waals surface area contributed by atoms with Gasteiger partial charge in [-0.3, -0.25) is 4.79 Å². The van der Waals surface area contributed by atoms with Crippen molar-refractivity contribution in [1.82, 2.24) is 5.32 Å². The van der Waals surface area contributed by atoms with Crippen molar-refractivity contribution in [2.75, 3.05) is 19.5 Å². The number of thioether (sulfide) groups is 1. The van der Waals surface area contributed by atoms with Crippen LogP contribution in [-0.4, -0.2) is 48.0 Å². The van der Waals surface area contributed by atoms with E-state index in [0.29, 0.717) is 30.2 Å². The number of ether oxygens (including phenoxy) is 2. The number of carbonyl (C=O) groups excluding carboxylic acids is 2. The lowest BCUT2D eigenvalue weighted by Gasteiger charge is -2.17. The Kier molecular flexibility index (Phi) is 10.7. The molecule has 0 saturated heterocycles. The molecule has 0 aliphatic carbocycles. The second-order valence-corrected chi connectivity index (χ2v) is 7.70. The molecule has 164 valence electrons. The Bertz CT molecular complexity index is 783. The van der Waals surface area contributed by atoms with Crippen molar-refractivity contribution < 1.29 is 23.9 Å². The van der Waals surface area contributed by atoms with Crippen molar-refractivity contribution in [3.05, 3.63) is 42.5 Å². The molecule has 0 aromatic heterocycles. The predicted octanol–water partition coefficient (Wildman–Crippen LogP) is 4.15. The number of hydrogen-bond donors (Lipinski definition) is 1. The number of rotatable bonds is 8. The number of amidine groups is 1. The van der Waals surface area contributed by atoms with E-state index in [1.807, 2.05) is 0 Å². The summed E-state index contributed by atoms with van der Waals surface area (Å²) in [5, 5.41) is 6.78. The van der Waals surface area contributed by atoms with Crippen LogP contribution >= 0.6 is 11.8 Å². The zero-order valence-corrected chi connectivity index (χ0v) is 18.9. The van der Waals surface area contributed by atoms with E-state index in [9.17, 15) is 9.59 Å². The van der Waals surface area contributed by atoms with Gasteiger partial charge in [-0.05, 0) is 58.2 Å². The summed E-state index contributed by atoms with van der Waals surface area (Å²) in [5.74, 6) is 0.283. The Labute approximate surface area is 181 Å². The van der Waals surface area contributed by atoms with Crippen molar-refractivity contribution in [1.29, 1.82) is 0 Å². The maximum absolute atomic E-state index is 12.5. The summed E-state index contributed by atoms with van der Waals surface area (Å²) < 4.78 is 10.6. The second-order valence-electron chi connectivity index (χ2n) is 6.91. The van der Waals surface area contributed by atoms with Crippen LogP contribution in [0.2, 0.25) is 0 Å². The highest BCUT2D eigenvalue weighted by Crippen LogP contribution is 2.15. The fraction of sp³-hybridized carbons (Fsp3) is 0.429. The molecule has 1 rings (SSSR count). The highest BCUT2D eigenvalue weighted by atomic mass is 32.2. The minimum atomic E-state index is -0.773. The molecule has 0 spiro atoms. The average Bonchev–Trinajstić information content (AvgIpc) is 2.68. The van der Waals surface area contributed by atoms with E-state index in [1.54, 1.807) is 64.3 Å². The third-order valence-corrected chi connectivity index (χ3v) is 3.79. The van der Waals surface area contributed by atoms with Crippen LogP contribution in [0.15, 0.2) is 47.1 Å². The summed E-state index contributed by atoms with van der Waals surface area (Å²) in [6.45, 7) is 11.4. The van der Waals surface area contributed by atoms with Crippen molar-refractivity contribution in [3.63, 3.8) is 0 Å². The maximum Gasteiger partial charge on any atom is 0.436 e. The van der Waals surface area contributed by atoms with Crippen molar-refractivity contribution in [3.8, 4) is 5.75 Å². The molecule has 0 aliphatic rings. The molecule has 0 bridgehead atoms. The van der Waals surface area contributed by atoms with Gasteiger partial charge in [0.2, 0.25) is 5.91 Å². The third-order valence-electron chi connectivity index (χ3n) is 3.21. The van der Waals surface area contributed by atoms with E-state index >= 15 is 0 Å². The maximum atomic E-state index is 12.5. The van der Waals surface area contributed by atoms with Crippen LogP contribution in [0.5, 0.6) is 5.75 Å². The number of amides is 2. The van der Waals surface area contributed by atoms with Crippen LogP contribution in [0.4, 0.5) is 4.79 Å². The molecule has 0 aliphatic heterocycles. The first kappa shape index (κ1) is 25.2. The number of carbonyl (C=O) groups is 2. The molecule has 30 heavy (non-hydrogen) atoms. The molecular weight excluding hydrogens is 406 g/mol. The van der Waals surface area contributed by atoms with Gasteiger partial charge in [0, 0.05) is 5.56 Å². The van der Waals surface area contributed by atoms with Crippen molar-refractivity contribution in [2.45, 2.75) is 39.7 Å². The van der Waals surface area contributed by atoms with Crippen LogP contribution in [0.3, 0.4) is 0 Å². The standard InChI is InChI=1S/C21H29N3O5S/c1-7-13-27-16-11-9-15(10-12-16)17(24-28-8-2)14-18(25)22-19(30-6)23-20(26)29-21(3,4)5/h7,9-12H,1,8,13-14H2,2-6H3,(H,22,23,25,26). The van der Waals surface area contributed by atoms with Gasteiger partial charge in [-0.15, -0.1) is 0 Å². The number of nitrogens with one attached hydrogen (secondary N) is 1. The monoisotopic (exact) mass is 435 g/mol. The lowest BCUT2D eigenvalue weighted by atomic mass is 10.1. The molecule has 0 fully saturated rings. The van der Waals surface area contributed by atoms with E-state index in [1.165, 1.54) is 0 Å². The van der Waals surface area contributed by atoms with Crippen LogP contribution in [0.25, 0.3) is 0 Å². The first-order chi connectivity index (χ1) is 14.2. The summed E-state index contributed by atoms with van der Waals surface area (Å²) in [7, 11) is 0. The third kappa shape index (κ3) is 10.1. The molecule has 0 atom stereocenters. The van der Waals surface area contributed by atoms with Crippen LogP contribution in [0.1, 0.15) is 39.7 Å². The van der Waals surface area contributed by atoms with E-state index in [-0.39, 0.29) is 11.6 Å². The minimum absolute atomic E-state index is 0.0687. The molecule has 0 saturated carbocycles. The Balaban J connectivity index is 2.88. The second kappa shape index (κ2) is 12.7. The van der Waals surface area contributed by atoms with Gasteiger partial charge in [0.05, 0.1) is 12.1 Å². The molecule has 9 heteroatoms. The first-order valence-corrected chi connectivity index (χ1v) is 10.6. The minimum Gasteiger partial charge on any atom is -0.490 e. The smallest absolute Gasteiger partial charge is 0.436 e. The zero-order chi connectivity index (χ0) is 22.6. The molecule has 0 unspecified atom stereocenters. The summed E-state index contributed by atoms with van der Waals surface area (Å²) in [6.07, 6.45) is 2.51. The molecule has 8 nitrogen and oxygen atoms in total. The average molecular weight is 436 g/mol. The van der Waals surface area contributed by atoms with E-state index < -0.39 is 17.6 Å². The topological polar surface area (TPSA) is 98.6 Å². The van der Waals surface area contributed by atoms with Gasteiger partial charge in [0.15, 0.2) is 5.17 Å². The van der Waals surface area contributed by atoms with Gasteiger partial charge in [-0.25, -0.2) is 4.79 Å². The van der Waals surface area contributed by atoms with E-state index in [4.69, 9.17) is 14.3 Å². The molecule has 0 heterocycles. The Hall–Kier alpha value is -2.81. The van der Waals surface area contributed by atoms with Gasteiger partial charge in [0.1, 0.15) is 24.6 Å². The van der Waals surface area contributed by atoms with Crippen molar-refractivity contribution >= 4 is 34.6 Å². The molecule has 0 radical (unpaired) electrons. The quantitative estimate of drug-likeness (QED) is 0.285. The number of benzene rings is 1. The summed E-state index contributed by atoms with van der Waals surface area (Å²) in [5.41, 5.74) is 0.467. The highest BCUT2D eigenvalue weighted by Gasteiger charge is 2.18. The van der Waals surface area contributed by atoms with Gasteiger partial charge in [-0.2, -0.15) is 4.99 Å². The van der Waals surface area contributed by atoms with E-state index in [0.717, 1.165) is 11.8 Å². The SMILES string of the molecule is C=CCOc1ccc(C(CC(=O)NC(=NC(=O)OC(C)(C)C)SC)=NOCC)cc1. The summed E-state index contributed by atoms with van der Waals surface area (Å²) >= 11 is 1.12. The lowest BCUT2D eigenvalue weighted by molar-refractivity contribution is -0.118. The van der Waals surface area contributed by atoms with Gasteiger partial charge in [-0.1, -0.05) is 29.6 Å². The fourth-order valence-electron chi connectivity index (χ4n) is 2.04. The molecule has 2 amide bonds. The molecule has 1 N–H and O–H groups in total. The van der Waals surface area contributed by atoms with Crippen LogP contribution in [0, 0.1) is 0 Å². The number of hydrogen-bond acceptors (Lipinski definition) is 7. The van der Waals surface area contributed by atoms with Crippen molar-refractivity contribution in [2.24, 2.45) is 10.1 Å². The summed E-state index contributed by atoms with van der Waals surface area (Å²) in [6, 6.07) is 7.12. The van der Waals surface area contributed by atoms with Gasteiger partial charge >= 0.3 is 6.09 Å². The van der Waals surface area contributed by atoms with Gasteiger partial charge < -0.3 is 19.6 Å². The molecular formula is C21H29N3O5S. The van der Waals surface area contributed by atoms with Gasteiger partial charge in [0.25, 0.3) is 0 Å². The Morgan fingerprint density at radius 1 is 1.23 bits per heavy atom. The Morgan fingerprint density at radius 3 is 2.43 bits per heavy atom. The van der Waals surface area contributed by atoms with E-state index in [2.05, 4.69) is 22.0 Å².